The van der Waals surface area contributed by atoms with Gasteiger partial charge in [0.25, 0.3) is 0 Å². The molecule has 0 heterocycles. The van der Waals surface area contributed by atoms with Crippen molar-refractivity contribution in [1.82, 2.24) is 5.32 Å². The minimum absolute atomic E-state index is 0.130. The van der Waals surface area contributed by atoms with Gasteiger partial charge in [-0.3, -0.25) is 0 Å². The van der Waals surface area contributed by atoms with Crippen LogP contribution in [0.3, 0.4) is 0 Å². The second kappa shape index (κ2) is 9.30. The lowest BCUT2D eigenvalue weighted by Gasteiger charge is -2.18. The summed E-state index contributed by atoms with van der Waals surface area (Å²) in [5.41, 5.74) is 2.00. The van der Waals surface area contributed by atoms with Crippen LogP contribution in [0.1, 0.15) is 24.2 Å². The largest absolute Gasteiger partial charge is 0.492 e. The highest BCUT2D eigenvalue weighted by Crippen LogP contribution is 2.13. The summed E-state index contributed by atoms with van der Waals surface area (Å²) in [4.78, 5) is 0. The van der Waals surface area contributed by atoms with Gasteiger partial charge in [0.05, 0.1) is 6.10 Å². The monoisotopic (exact) mass is 315 g/mol. The van der Waals surface area contributed by atoms with Gasteiger partial charge in [-0.2, -0.15) is 0 Å². The van der Waals surface area contributed by atoms with Gasteiger partial charge in [0, 0.05) is 19.2 Å². The molecule has 0 radical (unpaired) electrons. The van der Waals surface area contributed by atoms with Crippen LogP contribution in [0.4, 0.5) is 0 Å². The molecule has 0 spiro atoms. The second-order valence-corrected chi connectivity index (χ2v) is 5.66. The van der Waals surface area contributed by atoms with Crippen molar-refractivity contribution in [3.8, 4) is 5.75 Å². The third-order valence-electron chi connectivity index (χ3n) is 3.67. The van der Waals surface area contributed by atoms with Crippen LogP contribution in [0, 0.1) is 0 Å². The van der Waals surface area contributed by atoms with Gasteiger partial charge >= 0.3 is 0 Å². The summed E-state index contributed by atoms with van der Waals surface area (Å²) in [5.74, 6) is 0.809. The van der Waals surface area contributed by atoms with Crippen molar-refractivity contribution in [2.45, 2.75) is 25.5 Å². The number of nitrogens with one attached hydrogen (secondary N) is 1. The average Bonchev–Trinajstić information content (AvgIpc) is 2.60. The van der Waals surface area contributed by atoms with Crippen LogP contribution >= 0.6 is 0 Å². The molecular formula is C19H25NO3. The number of rotatable bonds is 9. The SMILES string of the molecule is CC(COc1ccc(CCO)cc1)NC[C@@H](O)c1ccccc1. The Hall–Kier alpha value is -1.88. The van der Waals surface area contributed by atoms with E-state index in [4.69, 9.17) is 9.84 Å². The molecule has 1 unspecified atom stereocenters. The third kappa shape index (κ3) is 6.02. The van der Waals surface area contributed by atoms with Crippen LogP contribution in [0.2, 0.25) is 0 Å². The molecule has 124 valence electrons. The van der Waals surface area contributed by atoms with Crippen LogP contribution in [0.15, 0.2) is 54.6 Å². The Balaban J connectivity index is 1.71. The first-order chi connectivity index (χ1) is 11.2. The molecule has 2 aromatic carbocycles. The van der Waals surface area contributed by atoms with Gasteiger partial charge in [0.1, 0.15) is 12.4 Å². The molecule has 2 aromatic rings. The molecule has 0 saturated carbocycles. The lowest BCUT2D eigenvalue weighted by molar-refractivity contribution is 0.163. The molecule has 4 heteroatoms. The van der Waals surface area contributed by atoms with E-state index in [0.29, 0.717) is 19.6 Å². The highest BCUT2D eigenvalue weighted by atomic mass is 16.5. The van der Waals surface area contributed by atoms with Gasteiger partial charge < -0.3 is 20.3 Å². The quantitative estimate of drug-likeness (QED) is 0.664. The summed E-state index contributed by atoms with van der Waals surface area (Å²) >= 11 is 0. The molecule has 2 atom stereocenters. The first-order valence-electron chi connectivity index (χ1n) is 7.98. The highest BCUT2D eigenvalue weighted by molar-refractivity contribution is 5.27. The Morgan fingerprint density at radius 3 is 2.39 bits per heavy atom. The Labute approximate surface area is 137 Å². The molecule has 2 rings (SSSR count). The van der Waals surface area contributed by atoms with E-state index in [2.05, 4.69) is 5.32 Å². The maximum absolute atomic E-state index is 10.1. The predicted octanol–water partition coefficient (Wildman–Crippen LogP) is 2.31. The number of hydrogen-bond acceptors (Lipinski definition) is 4. The molecule has 3 N–H and O–H groups in total. The molecule has 0 aromatic heterocycles. The number of aliphatic hydroxyl groups excluding tert-OH is 2. The van der Waals surface area contributed by atoms with Crippen LogP contribution in [-0.2, 0) is 6.42 Å². The predicted molar refractivity (Wildman–Crippen MR) is 91.6 cm³/mol. The van der Waals surface area contributed by atoms with Crippen molar-refractivity contribution >= 4 is 0 Å². The van der Waals surface area contributed by atoms with Crippen molar-refractivity contribution < 1.29 is 14.9 Å². The van der Waals surface area contributed by atoms with Crippen molar-refractivity contribution in [1.29, 1.82) is 0 Å². The fourth-order valence-corrected chi connectivity index (χ4v) is 2.27. The first kappa shape index (κ1) is 17.5. The molecule has 0 fully saturated rings. The minimum Gasteiger partial charge on any atom is -0.492 e. The zero-order chi connectivity index (χ0) is 16.5. The van der Waals surface area contributed by atoms with Crippen molar-refractivity contribution in [2.24, 2.45) is 0 Å². The van der Waals surface area contributed by atoms with Gasteiger partial charge in [-0.25, -0.2) is 0 Å². The lowest BCUT2D eigenvalue weighted by atomic mass is 10.1. The molecule has 0 amide bonds. The highest BCUT2D eigenvalue weighted by Gasteiger charge is 2.09. The lowest BCUT2D eigenvalue weighted by Crippen LogP contribution is -2.34. The summed E-state index contributed by atoms with van der Waals surface area (Å²) in [5, 5.41) is 22.3. The topological polar surface area (TPSA) is 61.7 Å². The van der Waals surface area contributed by atoms with Crippen molar-refractivity contribution in [3.05, 3.63) is 65.7 Å². The smallest absolute Gasteiger partial charge is 0.119 e. The van der Waals surface area contributed by atoms with Gasteiger partial charge in [-0.1, -0.05) is 42.5 Å². The zero-order valence-electron chi connectivity index (χ0n) is 13.5. The molecule has 23 heavy (non-hydrogen) atoms. The van der Waals surface area contributed by atoms with Gasteiger partial charge in [0.15, 0.2) is 0 Å². The van der Waals surface area contributed by atoms with Gasteiger partial charge in [-0.15, -0.1) is 0 Å². The van der Waals surface area contributed by atoms with Crippen LogP contribution in [0.5, 0.6) is 5.75 Å². The standard InChI is InChI=1S/C19H25NO3/c1-15(20-13-19(22)17-5-3-2-4-6-17)14-23-18-9-7-16(8-10-18)11-12-21/h2-10,15,19-22H,11-14H2,1H3/t15?,19-/m1/s1. The molecule has 0 aliphatic heterocycles. The number of aliphatic hydroxyl groups is 2. The summed E-state index contributed by atoms with van der Waals surface area (Å²) in [7, 11) is 0. The second-order valence-electron chi connectivity index (χ2n) is 5.66. The van der Waals surface area contributed by atoms with Gasteiger partial charge in [-0.05, 0) is 36.6 Å². The van der Waals surface area contributed by atoms with E-state index in [1.54, 1.807) is 0 Å². The van der Waals surface area contributed by atoms with Crippen LogP contribution in [0.25, 0.3) is 0 Å². The normalized spacial score (nSPS) is 13.5. The summed E-state index contributed by atoms with van der Waals surface area (Å²) < 4.78 is 5.73. The van der Waals surface area contributed by atoms with E-state index >= 15 is 0 Å². The van der Waals surface area contributed by atoms with E-state index in [1.165, 1.54) is 0 Å². The maximum Gasteiger partial charge on any atom is 0.119 e. The molecule has 0 saturated heterocycles. The molecule has 0 aliphatic rings. The van der Waals surface area contributed by atoms with Crippen molar-refractivity contribution in [2.75, 3.05) is 19.8 Å². The number of benzene rings is 2. The van der Waals surface area contributed by atoms with E-state index in [9.17, 15) is 5.11 Å². The molecule has 4 nitrogen and oxygen atoms in total. The summed E-state index contributed by atoms with van der Waals surface area (Å²) in [6, 6.07) is 17.5. The minimum atomic E-state index is -0.517. The third-order valence-corrected chi connectivity index (χ3v) is 3.67. The number of hydrogen-bond donors (Lipinski definition) is 3. The van der Waals surface area contributed by atoms with Crippen LogP contribution < -0.4 is 10.1 Å². The Morgan fingerprint density at radius 1 is 1.04 bits per heavy atom. The Kier molecular flexibility index (Phi) is 7.07. The maximum atomic E-state index is 10.1. The molecule has 0 aliphatic carbocycles. The average molecular weight is 315 g/mol. The Bertz CT molecular complexity index is 557. The van der Waals surface area contributed by atoms with E-state index in [-0.39, 0.29) is 12.6 Å². The van der Waals surface area contributed by atoms with E-state index in [1.807, 2.05) is 61.5 Å². The zero-order valence-corrected chi connectivity index (χ0v) is 13.5. The summed E-state index contributed by atoms with van der Waals surface area (Å²) in [6.07, 6.45) is 0.145. The fourth-order valence-electron chi connectivity index (χ4n) is 2.27. The van der Waals surface area contributed by atoms with Crippen molar-refractivity contribution in [3.63, 3.8) is 0 Å². The Morgan fingerprint density at radius 2 is 1.74 bits per heavy atom. The molecular weight excluding hydrogens is 290 g/mol. The van der Waals surface area contributed by atoms with E-state index in [0.717, 1.165) is 16.9 Å². The van der Waals surface area contributed by atoms with Crippen LogP contribution in [-0.4, -0.2) is 36.0 Å². The first-order valence-corrected chi connectivity index (χ1v) is 7.98. The summed E-state index contributed by atoms with van der Waals surface area (Å²) in [6.45, 7) is 3.20. The van der Waals surface area contributed by atoms with E-state index < -0.39 is 6.10 Å². The number of ether oxygens (including phenoxy) is 1. The van der Waals surface area contributed by atoms with Gasteiger partial charge in [0.2, 0.25) is 0 Å². The molecule has 0 bridgehead atoms. The fraction of sp³-hybridized carbons (Fsp3) is 0.368.